The molecule has 0 aliphatic rings. The molecule has 1 aromatic carbocycles. The van der Waals surface area contributed by atoms with Crippen LogP contribution in [0.5, 0.6) is 0 Å². The highest BCUT2D eigenvalue weighted by molar-refractivity contribution is 8.01. The van der Waals surface area contributed by atoms with Crippen LogP contribution in [-0.2, 0) is 4.79 Å². The molecule has 1 heterocycles. The minimum absolute atomic E-state index is 0.353. The van der Waals surface area contributed by atoms with Crippen LogP contribution in [-0.4, -0.2) is 15.4 Å². The molecule has 6 heteroatoms. The monoisotopic (exact) mass is 377 g/mol. The van der Waals surface area contributed by atoms with Crippen molar-refractivity contribution in [2.45, 2.75) is 29.4 Å². The second-order valence-electron chi connectivity index (χ2n) is 5.21. The first-order chi connectivity index (χ1) is 11.5. The lowest BCUT2D eigenvalue weighted by Gasteiger charge is -2.28. The molecule has 2 rings (SSSR count). The second-order valence-corrected chi connectivity index (χ2v) is 8.17. The van der Waals surface area contributed by atoms with Gasteiger partial charge in [0.25, 0.3) is 0 Å². The normalized spacial score (nSPS) is 11.0. The van der Waals surface area contributed by atoms with E-state index < -0.39 is 4.75 Å². The van der Waals surface area contributed by atoms with E-state index in [1.807, 2.05) is 42.6 Å². The maximum absolute atomic E-state index is 13.0. The fourth-order valence-electron chi connectivity index (χ4n) is 2.21. The van der Waals surface area contributed by atoms with Crippen molar-refractivity contribution in [1.82, 2.24) is 4.73 Å². The molecule has 0 amide bonds. The maximum Gasteiger partial charge on any atom is 0.349 e. The molecule has 24 heavy (non-hydrogen) atoms. The molecule has 2 aromatic rings. The number of allylic oxidation sites excluding steroid dienone is 2. The number of carbonyl (C=O) groups excluding carboxylic acids is 1. The lowest BCUT2D eigenvalue weighted by atomic mass is 10.0. The molecule has 0 saturated heterocycles. The third kappa shape index (κ3) is 4.26. The minimum atomic E-state index is -0.825. The Hall–Kier alpha value is -1.63. The van der Waals surface area contributed by atoms with E-state index in [4.69, 9.17) is 17.1 Å². The second kappa shape index (κ2) is 8.46. The van der Waals surface area contributed by atoms with E-state index in [9.17, 15) is 4.79 Å². The molecular formula is C18H19NO2S3. The predicted molar refractivity (Wildman–Crippen MR) is 104 cm³/mol. The Kier molecular flexibility index (Phi) is 6.60. The number of hydrogen-bond acceptors (Lipinski definition) is 5. The molecule has 0 bridgehead atoms. The smallest absolute Gasteiger partial charge is 0.333 e. The van der Waals surface area contributed by atoms with E-state index in [0.717, 1.165) is 10.6 Å². The van der Waals surface area contributed by atoms with Crippen LogP contribution in [0.15, 0.2) is 65.9 Å². The van der Waals surface area contributed by atoms with Crippen molar-refractivity contribution in [2.75, 3.05) is 0 Å². The number of thiazole rings is 1. The zero-order valence-electron chi connectivity index (χ0n) is 13.4. The lowest BCUT2D eigenvalue weighted by Crippen LogP contribution is -2.41. The highest BCUT2D eigenvalue weighted by Crippen LogP contribution is 2.40. The van der Waals surface area contributed by atoms with E-state index in [1.54, 1.807) is 12.2 Å². The van der Waals surface area contributed by atoms with E-state index in [-0.39, 0.29) is 5.97 Å². The summed E-state index contributed by atoms with van der Waals surface area (Å²) < 4.78 is 1.10. The summed E-state index contributed by atoms with van der Waals surface area (Å²) in [4.78, 5) is 19.6. The largest absolute Gasteiger partial charge is 0.349 e. The van der Waals surface area contributed by atoms with Crippen molar-refractivity contribution in [3.05, 3.63) is 70.7 Å². The van der Waals surface area contributed by atoms with Crippen molar-refractivity contribution < 1.29 is 9.63 Å². The number of aromatic nitrogens is 1. The zero-order valence-corrected chi connectivity index (χ0v) is 15.9. The van der Waals surface area contributed by atoms with Gasteiger partial charge in [-0.1, -0.05) is 30.4 Å². The summed E-state index contributed by atoms with van der Waals surface area (Å²) >= 11 is 8.06. The van der Waals surface area contributed by atoms with Gasteiger partial charge in [-0.25, -0.2) is 4.79 Å². The predicted octanol–water partition coefficient (Wildman–Crippen LogP) is 5.23. The van der Waals surface area contributed by atoms with Crippen LogP contribution < -0.4 is 4.84 Å². The van der Waals surface area contributed by atoms with Gasteiger partial charge >= 0.3 is 5.97 Å². The Labute approximate surface area is 155 Å². The number of rotatable bonds is 8. The number of benzene rings is 1. The summed E-state index contributed by atoms with van der Waals surface area (Å²) in [6, 6.07) is 9.78. The topological polar surface area (TPSA) is 31.2 Å². The van der Waals surface area contributed by atoms with E-state index in [0.29, 0.717) is 16.8 Å². The fourth-order valence-corrected chi connectivity index (χ4v) is 4.44. The van der Waals surface area contributed by atoms with E-state index >= 15 is 0 Å². The molecule has 0 aliphatic heterocycles. The van der Waals surface area contributed by atoms with Crippen LogP contribution in [0.4, 0.5) is 0 Å². The van der Waals surface area contributed by atoms with Gasteiger partial charge in [-0.3, -0.25) is 0 Å². The van der Waals surface area contributed by atoms with Gasteiger partial charge in [-0.2, -0.15) is 4.73 Å². The average Bonchev–Trinajstić information content (AvgIpc) is 2.88. The first-order valence-electron chi connectivity index (χ1n) is 7.38. The maximum atomic E-state index is 13.0. The van der Waals surface area contributed by atoms with Crippen LogP contribution >= 0.6 is 35.3 Å². The van der Waals surface area contributed by atoms with Crippen LogP contribution in [0.3, 0.4) is 0 Å². The van der Waals surface area contributed by atoms with E-state index in [1.165, 1.54) is 27.8 Å². The molecule has 0 N–H and O–H groups in total. The third-order valence-electron chi connectivity index (χ3n) is 3.37. The Bertz CT molecular complexity index is 767. The van der Waals surface area contributed by atoms with Gasteiger partial charge < -0.3 is 4.84 Å². The number of thioether (sulfide) groups is 1. The Morgan fingerprint density at radius 2 is 1.96 bits per heavy atom. The summed E-state index contributed by atoms with van der Waals surface area (Å²) in [6.07, 6.45) is 4.41. The molecule has 0 fully saturated rings. The number of nitrogens with zero attached hydrogens (tertiary/aromatic N) is 1. The highest BCUT2D eigenvalue weighted by atomic mass is 32.2. The van der Waals surface area contributed by atoms with Gasteiger partial charge in [0.2, 0.25) is 0 Å². The van der Waals surface area contributed by atoms with Crippen molar-refractivity contribution in [3.63, 3.8) is 0 Å². The van der Waals surface area contributed by atoms with Gasteiger partial charge in [0.1, 0.15) is 4.75 Å². The number of carbonyl (C=O) groups is 1. The molecule has 0 aliphatic carbocycles. The first-order valence-corrected chi connectivity index (χ1v) is 9.48. The summed E-state index contributed by atoms with van der Waals surface area (Å²) in [6.45, 7) is 9.46. The first kappa shape index (κ1) is 18.7. The molecule has 3 nitrogen and oxygen atoms in total. The molecule has 0 radical (unpaired) electrons. The van der Waals surface area contributed by atoms with Gasteiger partial charge in [-0.05, 0) is 44.1 Å². The molecule has 0 atom stereocenters. The molecule has 0 saturated carbocycles. The quantitative estimate of drug-likeness (QED) is 0.358. The molecule has 126 valence electrons. The van der Waals surface area contributed by atoms with Crippen LogP contribution in [0.2, 0.25) is 0 Å². The molecule has 0 spiro atoms. The average molecular weight is 378 g/mol. The third-order valence-corrected chi connectivity index (χ3v) is 6.05. The summed E-state index contributed by atoms with van der Waals surface area (Å²) in [5.74, 6) is -0.353. The zero-order chi connectivity index (χ0) is 17.6. The standard InChI is InChI=1S/C18H19NO2S3/c1-4-11-18(12-5-2,24-15-9-7-6-8-10-15)16(20)21-19-14(3)13-23-17(19)22/h4-10,13H,1-2,11-12H2,3H3. The van der Waals surface area contributed by atoms with Crippen LogP contribution in [0, 0.1) is 10.9 Å². The van der Waals surface area contributed by atoms with Crippen molar-refractivity contribution in [3.8, 4) is 0 Å². The van der Waals surface area contributed by atoms with Gasteiger partial charge in [0.05, 0.1) is 5.69 Å². The fraction of sp³-hybridized carbons (Fsp3) is 0.222. The Morgan fingerprint density at radius 3 is 2.46 bits per heavy atom. The number of aryl methyl sites for hydroxylation is 1. The van der Waals surface area contributed by atoms with Gasteiger partial charge in [-0.15, -0.1) is 36.3 Å². The van der Waals surface area contributed by atoms with Crippen molar-refractivity contribution in [1.29, 1.82) is 0 Å². The minimum Gasteiger partial charge on any atom is -0.333 e. The van der Waals surface area contributed by atoms with Crippen molar-refractivity contribution in [2.24, 2.45) is 0 Å². The van der Waals surface area contributed by atoms with Crippen LogP contribution in [0.25, 0.3) is 0 Å². The van der Waals surface area contributed by atoms with E-state index in [2.05, 4.69) is 13.2 Å². The number of hydrogen-bond donors (Lipinski definition) is 0. The summed E-state index contributed by atoms with van der Waals surface area (Å²) in [5, 5.41) is 1.86. The Morgan fingerprint density at radius 1 is 1.33 bits per heavy atom. The van der Waals surface area contributed by atoms with Gasteiger partial charge in [0.15, 0.2) is 3.95 Å². The summed E-state index contributed by atoms with van der Waals surface area (Å²) in [5.41, 5.74) is 0.800. The van der Waals surface area contributed by atoms with Gasteiger partial charge in [0, 0.05) is 10.3 Å². The SMILES string of the molecule is C=CCC(CC=C)(Sc1ccccc1)C(=O)On1c(C)csc1=S. The molecule has 1 aromatic heterocycles. The van der Waals surface area contributed by atoms with Crippen LogP contribution in [0.1, 0.15) is 18.5 Å². The Balaban J connectivity index is 2.36. The molecular weight excluding hydrogens is 358 g/mol. The highest BCUT2D eigenvalue weighted by Gasteiger charge is 2.40. The molecule has 0 unspecified atom stereocenters. The summed E-state index contributed by atoms with van der Waals surface area (Å²) in [7, 11) is 0. The lowest BCUT2D eigenvalue weighted by molar-refractivity contribution is -0.147. The van der Waals surface area contributed by atoms with Crippen molar-refractivity contribution >= 4 is 41.3 Å².